The van der Waals surface area contributed by atoms with Crippen molar-refractivity contribution in [1.29, 1.82) is 0 Å². The number of nitrogens with one attached hydrogen (secondary N) is 2. The van der Waals surface area contributed by atoms with Gasteiger partial charge in [-0.3, -0.25) is 9.59 Å². The molecule has 1 saturated carbocycles. The van der Waals surface area contributed by atoms with Gasteiger partial charge in [0.2, 0.25) is 5.91 Å². The van der Waals surface area contributed by atoms with Crippen molar-refractivity contribution in [2.24, 2.45) is 0 Å². The smallest absolute Gasteiger partial charge is 0.307 e. The number of esters is 1. The van der Waals surface area contributed by atoms with Gasteiger partial charge in [-0.1, -0.05) is 12.8 Å². The van der Waals surface area contributed by atoms with E-state index in [1.165, 1.54) is 12.8 Å². The third kappa shape index (κ3) is 2.97. The second-order valence-electron chi connectivity index (χ2n) is 4.73. The molecule has 1 amide bonds. The van der Waals surface area contributed by atoms with E-state index in [1.807, 2.05) is 0 Å². The first-order chi connectivity index (χ1) is 8.20. The Bertz CT molecular complexity index is 306. The maximum atomic E-state index is 11.8. The summed E-state index contributed by atoms with van der Waals surface area (Å²) >= 11 is 0. The van der Waals surface area contributed by atoms with E-state index in [9.17, 15) is 9.59 Å². The number of carbonyl (C=O) groups excluding carboxylic acids is 2. The fraction of sp³-hybridized carbons (Fsp3) is 0.833. The molecule has 3 atom stereocenters. The molecule has 0 radical (unpaired) electrons. The van der Waals surface area contributed by atoms with Crippen molar-refractivity contribution in [2.75, 3.05) is 6.61 Å². The highest BCUT2D eigenvalue weighted by molar-refractivity contribution is 5.87. The molecule has 96 valence electrons. The Morgan fingerprint density at radius 3 is 2.76 bits per heavy atom. The van der Waals surface area contributed by atoms with Crippen molar-refractivity contribution in [1.82, 2.24) is 10.6 Å². The summed E-state index contributed by atoms with van der Waals surface area (Å²) in [5, 5.41) is 6.29. The Kier molecular flexibility index (Phi) is 3.99. The summed E-state index contributed by atoms with van der Waals surface area (Å²) in [5.41, 5.74) is 0. The molecule has 0 spiro atoms. The van der Waals surface area contributed by atoms with Crippen LogP contribution in [0.2, 0.25) is 0 Å². The largest absolute Gasteiger partial charge is 0.466 e. The normalized spacial score (nSPS) is 32.5. The van der Waals surface area contributed by atoms with Crippen molar-refractivity contribution in [2.45, 2.75) is 57.2 Å². The van der Waals surface area contributed by atoms with Crippen molar-refractivity contribution >= 4 is 11.9 Å². The van der Waals surface area contributed by atoms with E-state index >= 15 is 0 Å². The molecule has 17 heavy (non-hydrogen) atoms. The van der Waals surface area contributed by atoms with Gasteiger partial charge in [-0.05, 0) is 19.8 Å². The maximum Gasteiger partial charge on any atom is 0.307 e. The summed E-state index contributed by atoms with van der Waals surface area (Å²) < 4.78 is 4.87. The predicted molar refractivity (Wildman–Crippen MR) is 62.4 cm³/mol. The van der Waals surface area contributed by atoms with Crippen LogP contribution in [0, 0.1) is 0 Å². The summed E-state index contributed by atoms with van der Waals surface area (Å²) in [4.78, 5) is 23.2. The lowest BCUT2D eigenvalue weighted by Gasteiger charge is -2.40. The number of carbonyl (C=O) groups is 2. The Balaban J connectivity index is 1.90. The van der Waals surface area contributed by atoms with Gasteiger partial charge in [-0.2, -0.15) is 0 Å². The lowest BCUT2D eigenvalue weighted by atomic mass is 9.87. The minimum Gasteiger partial charge on any atom is -0.466 e. The third-order valence-electron chi connectivity index (χ3n) is 3.50. The summed E-state index contributed by atoms with van der Waals surface area (Å²) in [6, 6.07) is 0.143. The molecule has 0 unspecified atom stereocenters. The van der Waals surface area contributed by atoms with Crippen LogP contribution in [-0.4, -0.2) is 36.6 Å². The SMILES string of the molecule is CCOC(=O)C[C@@H]1N[C@H]2CCCC[C@H]2NC1=O. The molecule has 5 heteroatoms. The molecule has 0 aromatic carbocycles. The van der Waals surface area contributed by atoms with Crippen LogP contribution in [0.5, 0.6) is 0 Å². The highest BCUT2D eigenvalue weighted by Crippen LogP contribution is 2.22. The van der Waals surface area contributed by atoms with Gasteiger partial charge >= 0.3 is 5.97 Å². The zero-order valence-electron chi connectivity index (χ0n) is 10.2. The Labute approximate surface area is 101 Å². The average Bonchev–Trinajstić information content (AvgIpc) is 2.30. The molecule has 0 aromatic heterocycles. The first-order valence-corrected chi connectivity index (χ1v) is 6.42. The van der Waals surface area contributed by atoms with E-state index in [4.69, 9.17) is 4.74 Å². The topological polar surface area (TPSA) is 67.4 Å². The van der Waals surface area contributed by atoms with Gasteiger partial charge in [0.1, 0.15) is 0 Å². The fourth-order valence-electron chi connectivity index (χ4n) is 2.66. The molecule has 2 N–H and O–H groups in total. The maximum absolute atomic E-state index is 11.8. The second kappa shape index (κ2) is 5.49. The second-order valence-corrected chi connectivity index (χ2v) is 4.73. The number of amides is 1. The van der Waals surface area contributed by atoms with Crippen LogP contribution < -0.4 is 10.6 Å². The van der Waals surface area contributed by atoms with Crippen LogP contribution >= 0.6 is 0 Å². The van der Waals surface area contributed by atoms with Crippen LogP contribution in [0.3, 0.4) is 0 Å². The Hall–Kier alpha value is -1.10. The van der Waals surface area contributed by atoms with Gasteiger partial charge in [0.25, 0.3) is 0 Å². The van der Waals surface area contributed by atoms with Crippen LogP contribution in [-0.2, 0) is 14.3 Å². The summed E-state index contributed by atoms with van der Waals surface area (Å²) in [5.74, 6) is -0.379. The highest BCUT2D eigenvalue weighted by Gasteiger charge is 2.37. The zero-order chi connectivity index (χ0) is 12.3. The van der Waals surface area contributed by atoms with E-state index in [0.29, 0.717) is 12.6 Å². The first-order valence-electron chi connectivity index (χ1n) is 6.42. The predicted octanol–water partition coefficient (Wildman–Crippen LogP) is 0.339. The third-order valence-corrected chi connectivity index (χ3v) is 3.50. The minimum absolute atomic E-state index is 0.0683. The Morgan fingerprint density at radius 2 is 2.06 bits per heavy atom. The molecule has 5 nitrogen and oxygen atoms in total. The lowest BCUT2D eigenvalue weighted by molar-refractivity contribution is -0.146. The van der Waals surface area contributed by atoms with Gasteiger partial charge in [0, 0.05) is 12.1 Å². The molecule has 0 bridgehead atoms. The summed E-state index contributed by atoms with van der Waals surface area (Å²) in [6.45, 7) is 2.13. The highest BCUT2D eigenvalue weighted by atomic mass is 16.5. The quantitative estimate of drug-likeness (QED) is 0.698. The monoisotopic (exact) mass is 240 g/mol. The molecule has 1 heterocycles. The van der Waals surface area contributed by atoms with Crippen molar-refractivity contribution in [3.63, 3.8) is 0 Å². The number of hydrogen-bond donors (Lipinski definition) is 2. The average molecular weight is 240 g/mol. The molecule has 2 rings (SSSR count). The van der Waals surface area contributed by atoms with Crippen molar-refractivity contribution in [3.05, 3.63) is 0 Å². The van der Waals surface area contributed by atoms with E-state index in [-0.39, 0.29) is 24.3 Å². The summed E-state index contributed by atoms with van der Waals surface area (Å²) in [6.07, 6.45) is 4.60. The number of rotatable bonds is 3. The Morgan fingerprint density at radius 1 is 1.35 bits per heavy atom. The van der Waals surface area contributed by atoms with E-state index < -0.39 is 6.04 Å². The van der Waals surface area contributed by atoms with Gasteiger partial charge < -0.3 is 15.4 Å². The number of hydrogen-bond acceptors (Lipinski definition) is 4. The van der Waals surface area contributed by atoms with Crippen molar-refractivity contribution in [3.8, 4) is 0 Å². The fourth-order valence-corrected chi connectivity index (χ4v) is 2.66. The van der Waals surface area contributed by atoms with E-state index in [0.717, 1.165) is 12.8 Å². The molecule has 1 aliphatic heterocycles. The first kappa shape index (κ1) is 12.4. The molecule has 2 aliphatic rings. The van der Waals surface area contributed by atoms with Gasteiger partial charge in [0.05, 0.1) is 19.1 Å². The van der Waals surface area contributed by atoms with Gasteiger partial charge in [0.15, 0.2) is 0 Å². The number of piperazine rings is 1. The van der Waals surface area contributed by atoms with Crippen LogP contribution in [0.25, 0.3) is 0 Å². The number of fused-ring (bicyclic) bond motifs is 1. The number of ether oxygens (including phenoxy) is 1. The van der Waals surface area contributed by atoms with Gasteiger partial charge in [-0.15, -0.1) is 0 Å². The molecule has 1 aliphatic carbocycles. The van der Waals surface area contributed by atoms with E-state index in [2.05, 4.69) is 10.6 Å². The van der Waals surface area contributed by atoms with E-state index in [1.54, 1.807) is 6.92 Å². The van der Waals surface area contributed by atoms with Crippen molar-refractivity contribution < 1.29 is 14.3 Å². The molecular formula is C12H20N2O3. The van der Waals surface area contributed by atoms with Crippen LogP contribution in [0.15, 0.2) is 0 Å². The van der Waals surface area contributed by atoms with Crippen LogP contribution in [0.4, 0.5) is 0 Å². The lowest BCUT2D eigenvalue weighted by Crippen LogP contribution is -2.65. The van der Waals surface area contributed by atoms with Crippen LogP contribution in [0.1, 0.15) is 39.0 Å². The standard InChI is InChI=1S/C12H20N2O3/c1-2-17-11(15)7-10-12(16)14-9-6-4-3-5-8(9)13-10/h8-10,13H,2-7H2,1H3,(H,14,16)/t8-,9+,10-/m0/s1. The molecular weight excluding hydrogens is 220 g/mol. The van der Waals surface area contributed by atoms with Gasteiger partial charge in [-0.25, -0.2) is 0 Å². The molecule has 2 fully saturated rings. The minimum atomic E-state index is -0.423. The molecule has 1 saturated heterocycles. The zero-order valence-corrected chi connectivity index (χ0v) is 10.2. The molecule has 0 aromatic rings. The summed E-state index contributed by atoms with van der Waals surface area (Å²) in [7, 11) is 0.